The standard InChI is InChI=1S/C61H108NO8P/c1-3-5-7-9-11-13-15-17-19-21-23-25-27-28-29-30-32-33-35-37-39-41-43-45-47-49-51-53-60(63)67-57-59(58-69-71(65,66)68-56-55-62)70-61(64)54-52-50-48-46-44-42-40-38-36-34-31-26-24-22-20-18-16-14-12-10-8-6-4-2/h6,8,12,14,18,20-21,23-24,26,34,36,40,42,59H,3-5,7,9-11,13,15-17,19,22,25,27-33,35,37-39,41,43-58,62H2,1-2H3,(H,65,66)/b8-6-,14-12-,20-18-,23-21-,26-24-,36-34-,42-40-. The Kier molecular flexibility index (Phi) is 54.2. The lowest BCUT2D eigenvalue weighted by atomic mass is 10.0. The molecule has 3 N–H and O–H groups in total. The second-order valence-electron chi connectivity index (χ2n) is 19.1. The lowest BCUT2D eigenvalue weighted by Gasteiger charge is -2.19. The molecule has 0 amide bonds. The van der Waals surface area contributed by atoms with E-state index in [2.05, 4.69) is 98.9 Å². The van der Waals surface area contributed by atoms with Gasteiger partial charge in [0.2, 0.25) is 0 Å². The van der Waals surface area contributed by atoms with Crippen LogP contribution < -0.4 is 5.73 Å². The number of allylic oxidation sites excluding steroid dienone is 14. The molecule has 0 bridgehead atoms. The van der Waals surface area contributed by atoms with Gasteiger partial charge in [0.15, 0.2) is 6.10 Å². The minimum Gasteiger partial charge on any atom is -0.462 e. The van der Waals surface area contributed by atoms with Crippen molar-refractivity contribution in [3.05, 3.63) is 85.1 Å². The molecule has 0 aliphatic rings. The Labute approximate surface area is 436 Å². The Bertz CT molecular complexity index is 1440. The average Bonchev–Trinajstić information content (AvgIpc) is 3.36. The van der Waals surface area contributed by atoms with Crippen molar-refractivity contribution in [2.24, 2.45) is 5.73 Å². The Morgan fingerprint density at radius 3 is 1.17 bits per heavy atom. The monoisotopic (exact) mass is 1010 g/mol. The third-order valence-corrected chi connectivity index (χ3v) is 13.2. The van der Waals surface area contributed by atoms with E-state index in [4.69, 9.17) is 24.3 Å². The molecule has 0 saturated heterocycles. The molecule has 0 heterocycles. The van der Waals surface area contributed by atoms with E-state index in [9.17, 15) is 19.0 Å². The molecule has 2 atom stereocenters. The number of phosphoric ester groups is 1. The zero-order valence-corrected chi connectivity index (χ0v) is 46.6. The second kappa shape index (κ2) is 56.5. The topological polar surface area (TPSA) is 134 Å². The molecule has 0 radical (unpaired) electrons. The van der Waals surface area contributed by atoms with Crippen LogP contribution in [0.3, 0.4) is 0 Å². The number of ether oxygens (including phenoxy) is 2. The predicted octanol–water partition coefficient (Wildman–Crippen LogP) is 18.3. The van der Waals surface area contributed by atoms with Crippen LogP contribution in [0.5, 0.6) is 0 Å². The third kappa shape index (κ3) is 56.3. The molecule has 2 unspecified atom stereocenters. The van der Waals surface area contributed by atoms with Crippen LogP contribution in [0.2, 0.25) is 0 Å². The van der Waals surface area contributed by atoms with E-state index in [1.807, 2.05) is 0 Å². The molecule has 0 fully saturated rings. The average molecular weight is 1010 g/mol. The van der Waals surface area contributed by atoms with Gasteiger partial charge >= 0.3 is 19.8 Å². The molecule has 9 nitrogen and oxygen atoms in total. The van der Waals surface area contributed by atoms with E-state index < -0.39 is 26.5 Å². The van der Waals surface area contributed by atoms with Crippen LogP contribution in [0.25, 0.3) is 0 Å². The number of hydrogen-bond acceptors (Lipinski definition) is 8. The number of hydrogen-bond donors (Lipinski definition) is 2. The molecule has 0 aliphatic carbocycles. The van der Waals surface area contributed by atoms with Gasteiger partial charge < -0.3 is 20.1 Å². The van der Waals surface area contributed by atoms with Crippen molar-refractivity contribution in [2.45, 2.75) is 264 Å². The SMILES string of the molecule is CC/C=C\C/C=C\C/C=C\C/C=C\C/C=C\C/C=C\CCCCCCC(=O)OC(COC(=O)CCCCCCCCCCCCCCCCC/C=C\CCCCCCCCCC)COP(=O)(O)OCCN. The van der Waals surface area contributed by atoms with Gasteiger partial charge in [-0.15, -0.1) is 0 Å². The molecule has 0 spiro atoms. The van der Waals surface area contributed by atoms with Gasteiger partial charge in [0.25, 0.3) is 0 Å². The Morgan fingerprint density at radius 1 is 0.437 bits per heavy atom. The highest BCUT2D eigenvalue weighted by molar-refractivity contribution is 7.47. The van der Waals surface area contributed by atoms with Gasteiger partial charge in [-0.1, -0.05) is 240 Å². The molecule has 410 valence electrons. The van der Waals surface area contributed by atoms with Crippen molar-refractivity contribution in [1.82, 2.24) is 0 Å². The van der Waals surface area contributed by atoms with Crippen molar-refractivity contribution >= 4 is 19.8 Å². The van der Waals surface area contributed by atoms with E-state index in [0.29, 0.717) is 6.42 Å². The fraction of sp³-hybridized carbons (Fsp3) is 0.738. The summed E-state index contributed by atoms with van der Waals surface area (Å²) in [5.74, 6) is -0.854. The van der Waals surface area contributed by atoms with E-state index in [1.165, 1.54) is 141 Å². The van der Waals surface area contributed by atoms with Gasteiger partial charge in [0.05, 0.1) is 13.2 Å². The highest BCUT2D eigenvalue weighted by Crippen LogP contribution is 2.43. The third-order valence-electron chi connectivity index (χ3n) is 12.3. The first-order valence-electron chi connectivity index (χ1n) is 29.1. The first kappa shape index (κ1) is 68.2. The molecule has 0 aromatic carbocycles. The van der Waals surface area contributed by atoms with Gasteiger partial charge in [-0.25, -0.2) is 4.57 Å². The Hall–Kier alpha value is -2.81. The van der Waals surface area contributed by atoms with E-state index in [-0.39, 0.29) is 38.6 Å². The molecular formula is C61H108NO8P. The number of carbonyl (C=O) groups is 2. The van der Waals surface area contributed by atoms with Crippen LogP contribution in [0, 0.1) is 0 Å². The maximum absolute atomic E-state index is 12.7. The van der Waals surface area contributed by atoms with Gasteiger partial charge in [-0.3, -0.25) is 18.6 Å². The summed E-state index contributed by atoms with van der Waals surface area (Å²) < 4.78 is 33.0. The molecule has 0 aromatic rings. The van der Waals surface area contributed by atoms with Crippen LogP contribution >= 0.6 is 7.82 Å². The van der Waals surface area contributed by atoms with E-state index in [1.54, 1.807) is 0 Å². The largest absolute Gasteiger partial charge is 0.472 e. The fourth-order valence-electron chi connectivity index (χ4n) is 7.99. The van der Waals surface area contributed by atoms with Crippen molar-refractivity contribution in [2.75, 3.05) is 26.4 Å². The molecule has 0 saturated carbocycles. The molecule has 0 rings (SSSR count). The predicted molar refractivity (Wildman–Crippen MR) is 302 cm³/mol. The maximum Gasteiger partial charge on any atom is 0.472 e. The lowest BCUT2D eigenvalue weighted by Crippen LogP contribution is -2.29. The zero-order valence-electron chi connectivity index (χ0n) is 45.7. The van der Waals surface area contributed by atoms with Crippen LogP contribution in [0.15, 0.2) is 85.1 Å². The van der Waals surface area contributed by atoms with Gasteiger partial charge in [-0.05, 0) is 89.9 Å². The number of phosphoric acid groups is 1. The summed E-state index contributed by atoms with van der Waals surface area (Å²) in [6.45, 7) is 3.61. The molecule has 0 aliphatic heterocycles. The van der Waals surface area contributed by atoms with Crippen molar-refractivity contribution in [1.29, 1.82) is 0 Å². The van der Waals surface area contributed by atoms with E-state index in [0.717, 1.165) is 83.5 Å². The minimum absolute atomic E-state index is 0.0454. The zero-order chi connectivity index (χ0) is 51.7. The highest BCUT2D eigenvalue weighted by atomic mass is 31.2. The van der Waals surface area contributed by atoms with Crippen molar-refractivity contribution in [3.8, 4) is 0 Å². The summed E-state index contributed by atoms with van der Waals surface area (Å²) in [5.41, 5.74) is 5.38. The van der Waals surface area contributed by atoms with Crippen molar-refractivity contribution in [3.63, 3.8) is 0 Å². The summed E-state index contributed by atoms with van der Waals surface area (Å²) in [7, 11) is -4.40. The molecule has 10 heteroatoms. The van der Waals surface area contributed by atoms with Gasteiger partial charge in [-0.2, -0.15) is 0 Å². The summed E-state index contributed by atoms with van der Waals surface area (Å²) in [5, 5.41) is 0. The summed E-state index contributed by atoms with van der Waals surface area (Å²) in [6, 6.07) is 0. The van der Waals surface area contributed by atoms with Crippen LogP contribution in [-0.4, -0.2) is 49.3 Å². The number of unbranched alkanes of at least 4 members (excludes halogenated alkanes) is 27. The molecular weight excluding hydrogens is 906 g/mol. The van der Waals surface area contributed by atoms with Gasteiger partial charge in [0, 0.05) is 19.4 Å². The maximum atomic E-state index is 12.7. The first-order chi connectivity index (χ1) is 34.8. The number of esters is 2. The molecule has 71 heavy (non-hydrogen) atoms. The van der Waals surface area contributed by atoms with Crippen LogP contribution in [0.4, 0.5) is 0 Å². The summed E-state index contributed by atoms with van der Waals surface area (Å²) in [6.07, 6.45) is 73.5. The lowest BCUT2D eigenvalue weighted by molar-refractivity contribution is -0.161. The number of rotatable bonds is 54. The van der Waals surface area contributed by atoms with E-state index >= 15 is 0 Å². The number of nitrogens with two attached hydrogens (primary N) is 1. The Balaban J connectivity index is 4.02. The normalized spacial score (nSPS) is 13.7. The smallest absolute Gasteiger partial charge is 0.462 e. The van der Waals surface area contributed by atoms with Gasteiger partial charge in [0.1, 0.15) is 6.61 Å². The second-order valence-corrected chi connectivity index (χ2v) is 20.6. The number of carbonyl (C=O) groups excluding carboxylic acids is 2. The first-order valence-corrected chi connectivity index (χ1v) is 30.6. The van der Waals surface area contributed by atoms with Crippen LogP contribution in [-0.2, 0) is 32.7 Å². The van der Waals surface area contributed by atoms with Crippen LogP contribution in [0.1, 0.15) is 258 Å². The Morgan fingerprint density at radius 2 is 0.775 bits per heavy atom. The summed E-state index contributed by atoms with van der Waals surface area (Å²) in [4.78, 5) is 35.2. The van der Waals surface area contributed by atoms with Crippen molar-refractivity contribution < 1.29 is 37.6 Å². The minimum atomic E-state index is -4.40. The fourth-order valence-corrected chi connectivity index (χ4v) is 8.75. The highest BCUT2D eigenvalue weighted by Gasteiger charge is 2.26. The quantitative estimate of drug-likeness (QED) is 0.0264. The molecule has 0 aromatic heterocycles. The summed E-state index contributed by atoms with van der Waals surface area (Å²) >= 11 is 0.